The molecule has 0 aliphatic rings. The van der Waals surface area contributed by atoms with Crippen molar-refractivity contribution >= 4 is 29.3 Å². The second-order valence-corrected chi connectivity index (χ2v) is 7.12. The van der Waals surface area contributed by atoms with Gasteiger partial charge in [-0.15, -0.1) is 0 Å². The molecule has 0 saturated carbocycles. The van der Waals surface area contributed by atoms with Gasteiger partial charge >= 0.3 is 0 Å². The van der Waals surface area contributed by atoms with Gasteiger partial charge in [-0.2, -0.15) is 0 Å². The number of anilines is 1. The maximum Gasteiger partial charge on any atom is 0.253 e. The van der Waals surface area contributed by atoms with Gasteiger partial charge in [0.15, 0.2) is 5.16 Å². The van der Waals surface area contributed by atoms with E-state index in [9.17, 15) is 14.0 Å². The number of imidazole rings is 1. The number of thioether (sulfide) groups is 1. The summed E-state index contributed by atoms with van der Waals surface area (Å²) in [4.78, 5) is 29.8. The smallest absolute Gasteiger partial charge is 0.253 e. The highest BCUT2D eigenvalue weighted by atomic mass is 32.2. The van der Waals surface area contributed by atoms with Crippen LogP contribution >= 0.6 is 11.8 Å². The summed E-state index contributed by atoms with van der Waals surface area (Å²) < 4.78 is 15.2. The van der Waals surface area contributed by atoms with Crippen molar-refractivity contribution in [3.05, 3.63) is 72.3 Å². The fourth-order valence-corrected chi connectivity index (χ4v) is 3.27. The Hall–Kier alpha value is -3.13. The molecule has 0 bridgehead atoms. The van der Waals surface area contributed by atoms with Gasteiger partial charge in [-0.3, -0.25) is 14.2 Å². The van der Waals surface area contributed by atoms with Crippen LogP contribution in [0.3, 0.4) is 0 Å². The normalized spacial score (nSPS) is 10.5. The van der Waals surface area contributed by atoms with Crippen molar-refractivity contribution in [1.82, 2.24) is 14.5 Å². The molecule has 1 heterocycles. The van der Waals surface area contributed by atoms with E-state index in [-0.39, 0.29) is 23.4 Å². The molecule has 144 valence electrons. The summed E-state index contributed by atoms with van der Waals surface area (Å²) in [5.74, 6) is -0.496. The Morgan fingerprint density at radius 3 is 2.61 bits per heavy atom. The molecular formula is C20H19FN4O2S. The van der Waals surface area contributed by atoms with E-state index < -0.39 is 0 Å². The monoisotopic (exact) mass is 398 g/mol. The lowest BCUT2D eigenvalue weighted by atomic mass is 10.2. The third-order valence-electron chi connectivity index (χ3n) is 3.85. The molecule has 1 aromatic heterocycles. The van der Waals surface area contributed by atoms with Crippen LogP contribution in [0.25, 0.3) is 5.69 Å². The number of carbonyl (C=O) groups is 2. The Labute approximate surface area is 166 Å². The summed E-state index contributed by atoms with van der Waals surface area (Å²) in [5.41, 5.74) is 1.80. The van der Waals surface area contributed by atoms with Crippen LogP contribution in [-0.2, 0) is 4.79 Å². The van der Waals surface area contributed by atoms with Crippen molar-refractivity contribution in [1.29, 1.82) is 0 Å². The highest BCUT2D eigenvalue weighted by Gasteiger charge is 2.11. The van der Waals surface area contributed by atoms with Crippen LogP contribution in [0.1, 0.15) is 10.4 Å². The van der Waals surface area contributed by atoms with Crippen molar-refractivity contribution in [3.8, 4) is 5.69 Å². The number of nitrogens with zero attached hydrogens (tertiary/aromatic N) is 3. The van der Waals surface area contributed by atoms with Gasteiger partial charge < -0.3 is 10.2 Å². The first-order chi connectivity index (χ1) is 13.4. The van der Waals surface area contributed by atoms with Crippen LogP contribution < -0.4 is 5.32 Å². The van der Waals surface area contributed by atoms with Crippen molar-refractivity contribution in [2.45, 2.75) is 5.16 Å². The average molecular weight is 398 g/mol. The Balaban J connectivity index is 1.60. The quantitative estimate of drug-likeness (QED) is 0.646. The Bertz CT molecular complexity index is 986. The predicted octanol–water partition coefficient (Wildman–Crippen LogP) is 3.44. The highest BCUT2D eigenvalue weighted by molar-refractivity contribution is 7.99. The van der Waals surface area contributed by atoms with Crippen molar-refractivity contribution in [2.75, 3.05) is 25.2 Å². The summed E-state index contributed by atoms with van der Waals surface area (Å²) >= 11 is 1.25. The maximum atomic E-state index is 13.4. The zero-order valence-electron chi connectivity index (χ0n) is 15.4. The average Bonchev–Trinajstić information content (AvgIpc) is 3.15. The summed E-state index contributed by atoms with van der Waals surface area (Å²) in [6.07, 6.45) is 3.32. The number of benzene rings is 2. The maximum absolute atomic E-state index is 13.4. The number of hydrogen-bond donors (Lipinski definition) is 1. The molecule has 1 N–H and O–H groups in total. The topological polar surface area (TPSA) is 67.2 Å². The summed E-state index contributed by atoms with van der Waals surface area (Å²) in [5, 5.41) is 3.38. The molecule has 0 aliphatic carbocycles. The van der Waals surface area contributed by atoms with Gasteiger partial charge in [-0.05, 0) is 42.5 Å². The summed E-state index contributed by atoms with van der Waals surface area (Å²) in [6.45, 7) is 0. The molecule has 0 fully saturated rings. The van der Waals surface area contributed by atoms with Crippen molar-refractivity contribution in [3.63, 3.8) is 0 Å². The van der Waals surface area contributed by atoms with E-state index in [1.54, 1.807) is 67.5 Å². The van der Waals surface area contributed by atoms with E-state index in [0.29, 0.717) is 22.1 Å². The molecule has 3 rings (SSSR count). The van der Waals surface area contributed by atoms with Crippen LogP contribution in [0.2, 0.25) is 0 Å². The van der Waals surface area contributed by atoms with Crippen LogP contribution in [-0.4, -0.2) is 46.1 Å². The number of halogens is 1. The second kappa shape index (κ2) is 8.71. The van der Waals surface area contributed by atoms with Crippen LogP contribution in [0.15, 0.2) is 66.1 Å². The molecule has 0 radical (unpaired) electrons. The van der Waals surface area contributed by atoms with Crippen molar-refractivity contribution < 1.29 is 14.0 Å². The van der Waals surface area contributed by atoms with Gasteiger partial charge in [0.1, 0.15) is 5.82 Å². The number of nitrogens with one attached hydrogen (secondary N) is 1. The van der Waals surface area contributed by atoms with E-state index in [1.807, 2.05) is 0 Å². The molecule has 0 unspecified atom stereocenters. The standard InChI is InChI=1S/C20H19FN4O2S/c1-24(2)19(27)14-6-8-16(9-7-14)23-18(26)13-28-20-22-10-11-25(20)17-5-3-4-15(21)12-17/h3-12H,13H2,1-2H3,(H,23,26). The van der Waals surface area contributed by atoms with Gasteiger partial charge in [-0.25, -0.2) is 9.37 Å². The number of aromatic nitrogens is 2. The molecule has 3 aromatic rings. The zero-order chi connectivity index (χ0) is 20.1. The van der Waals surface area contributed by atoms with E-state index in [2.05, 4.69) is 10.3 Å². The fourth-order valence-electron chi connectivity index (χ4n) is 2.50. The van der Waals surface area contributed by atoms with E-state index in [0.717, 1.165) is 0 Å². The number of hydrogen-bond acceptors (Lipinski definition) is 4. The van der Waals surface area contributed by atoms with E-state index in [1.165, 1.54) is 28.8 Å². The fraction of sp³-hybridized carbons (Fsp3) is 0.150. The first kappa shape index (κ1) is 19.6. The first-order valence-corrected chi connectivity index (χ1v) is 9.46. The highest BCUT2D eigenvalue weighted by Crippen LogP contribution is 2.21. The van der Waals surface area contributed by atoms with E-state index in [4.69, 9.17) is 0 Å². The lowest BCUT2D eigenvalue weighted by Gasteiger charge is -2.11. The third-order valence-corrected chi connectivity index (χ3v) is 4.81. The van der Waals surface area contributed by atoms with Crippen LogP contribution in [0.5, 0.6) is 0 Å². The Kier molecular flexibility index (Phi) is 6.10. The van der Waals surface area contributed by atoms with Gasteiger partial charge in [0.05, 0.1) is 11.4 Å². The third kappa shape index (κ3) is 4.77. The SMILES string of the molecule is CN(C)C(=O)c1ccc(NC(=O)CSc2nccn2-c2cccc(F)c2)cc1. The summed E-state index contributed by atoms with van der Waals surface area (Å²) in [6, 6.07) is 12.9. The molecule has 0 saturated heterocycles. The molecular weight excluding hydrogens is 379 g/mol. The second-order valence-electron chi connectivity index (χ2n) is 6.17. The van der Waals surface area contributed by atoms with Gasteiger partial charge in [-0.1, -0.05) is 17.8 Å². The lowest BCUT2D eigenvalue weighted by Crippen LogP contribution is -2.21. The number of amides is 2. The van der Waals surface area contributed by atoms with Crippen molar-refractivity contribution in [2.24, 2.45) is 0 Å². The molecule has 28 heavy (non-hydrogen) atoms. The largest absolute Gasteiger partial charge is 0.345 e. The van der Waals surface area contributed by atoms with Crippen LogP contribution in [0, 0.1) is 5.82 Å². The number of rotatable bonds is 6. The molecule has 0 atom stereocenters. The zero-order valence-corrected chi connectivity index (χ0v) is 16.2. The minimum absolute atomic E-state index is 0.0994. The molecule has 0 aliphatic heterocycles. The minimum Gasteiger partial charge on any atom is -0.345 e. The lowest BCUT2D eigenvalue weighted by molar-refractivity contribution is -0.113. The molecule has 0 spiro atoms. The molecule has 2 aromatic carbocycles. The predicted molar refractivity (Wildman–Crippen MR) is 107 cm³/mol. The van der Waals surface area contributed by atoms with Crippen LogP contribution in [0.4, 0.5) is 10.1 Å². The molecule has 6 nitrogen and oxygen atoms in total. The minimum atomic E-state index is -0.337. The summed E-state index contributed by atoms with van der Waals surface area (Å²) in [7, 11) is 3.37. The number of carbonyl (C=O) groups excluding carboxylic acids is 2. The molecule has 8 heteroatoms. The Morgan fingerprint density at radius 1 is 1.18 bits per heavy atom. The van der Waals surface area contributed by atoms with E-state index >= 15 is 0 Å². The first-order valence-electron chi connectivity index (χ1n) is 8.47. The van der Waals surface area contributed by atoms with Gasteiger partial charge in [0.25, 0.3) is 5.91 Å². The van der Waals surface area contributed by atoms with Gasteiger partial charge in [0, 0.05) is 37.7 Å². The van der Waals surface area contributed by atoms with Gasteiger partial charge in [0.2, 0.25) is 5.91 Å². The molecule has 2 amide bonds. The Morgan fingerprint density at radius 2 is 1.93 bits per heavy atom.